The lowest BCUT2D eigenvalue weighted by molar-refractivity contribution is -0.00500. The molecule has 1 aliphatic heterocycles. The summed E-state index contributed by atoms with van der Waals surface area (Å²) in [6.45, 7) is 7.11. The second-order valence-corrected chi connectivity index (χ2v) is 6.73. The van der Waals surface area contributed by atoms with Crippen molar-refractivity contribution in [1.29, 1.82) is 0 Å². The quantitative estimate of drug-likeness (QED) is 0.0869. The number of hydrogen-bond acceptors (Lipinski definition) is 13. The fourth-order valence-corrected chi connectivity index (χ4v) is 2.43. The van der Waals surface area contributed by atoms with Gasteiger partial charge in [-0.2, -0.15) is 4.99 Å². The third-order valence-electron chi connectivity index (χ3n) is 4.02. The first-order valence-electron chi connectivity index (χ1n) is 11.3. The van der Waals surface area contributed by atoms with Crippen molar-refractivity contribution in [3.05, 3.63) is 0 Å². The minimum atomic E-state index is -0.278. The summed E-state index contributed by atoms with van der Waals surface area (Å²) in [7, 11) is 0. The monoisotopic (exact) mass is 462 g/mol. The molecule has 0 spiro atoms. The molecule has 188 valence electrons. The van der Waals surface area contributed by atoms with E-state index < -0.39 is 0 Å². The Morgan fingerprint density at radius 2 is 1.38 bits per heavy atom. The minimum absolute atomic E-state index is 0.0254. The number of aliphatic hydroxyl groups is 1. The van der Waals surface area contributed by atoms with Crippen LogP contribution in [0.3, 0.4) is 0 Å². The van der Waals surface area contributed by atoms with Gasteiger partial charge in [-0.3, -0.25) is 5.32 Å². The van der Waals surface area contributed by atoms with Crippen molar-refractivity contribution in [2.45, 2.75) is 19.1 Å². The largest absolute Gasteiger partial charge is 0.394 e. The van der Waals surface area contributed by atoms with Gasteiger partial charge in [0.15, 0.2) is 6.29 Å². The molecule has 0 aromatic carbocycles. The molecule has 13 nitrogen and oxygen atoms in total. The van der Waals surface area contributed by atoms with Gasteiger partial charge >= 0.3 is 0 Å². The molecule has 9 N–H and O–H groups in total. The topological polar surface area (TPSA) is 182 Å². The van der Waals surface area contributed by atoms with Crippen LogP contribution in [0.15, 0.2) is 9.98 Å². The predicted molar refractivity (Wildman–Crippen MR) is 124 cm³/mol. The van der Waals surface area contributed by atoms with Crippen LogP contribution in [0.5, 0.6) is 0 Å². The Labute approximate surface area is 190 Å². The summed E-state index contributed by atoms with van der Waals surface area (Å²) >= 11 is 0. The van der Waals surface area contributed by atoms with E-state index in [9.17, 15) is 0 Å². The minimum Gasteiger partial charge on any atom is -0.394 e. The van der Waals surface area contributed by atoms with Crippen LogP contribution in [0.4, 0.5) is 0 Å². The maximum absolute atomic E-state index is 8.58. The summed E-state index contributed by atoms with van der Waals surface area (Å²) in [5.74, 6) is 1.18. The zero-order chi connectivity index (χ0) is 23.1. The summed E-state index contributed by atoms with van der Waals surface area (Å²) in [6.07, 6.45) is 1.44. The van der Waals surface area contributed by atoms with Crippen LogP contribution in [0.1, 0.15) is 12.8 Å². The molecule has 0 saturated carbocycles. The van der Waals surface area contributed by atoms with Crippen LogP contribution in [0, 0.1) is 0 Å². The zero-order valence-electron chi connectivity index (χ0n) is 19.0. The number of aliphatic imine (C=N–C) groups is 2. The molecule has 1 atom stereocenters. The Morgan fingerprint density at radius 1 is 0.781 bits per heavy atom. The number of aliphatic hydroxyl groups excluding tert-OH is 1. The molecule has 0 fully saturated rings. The van der Waals surface area contributed by atoms with Crippen molar-refractivity contribution in [2.75, 3.05) is 92.2 Å². The fraction of sp³-hybridized carbons (Fsp3) is 0.895. The van der Waals surface area contributed by atoms with E-state index in [1.165, 1.54) is 0 Å². The van der Waals surface area contributed by atoms with E-state index in [0.29, 0.717) is 84.4 Å². The highest BCUT2D eigenvalue weighted by Crippen LogP contribution is 1.94. The number of rotatable bonds is 21. The number of nitrogens with zero attached hydrogens (tertiary/aromatic N) is 2. The maximum Gasteiger partial charge on any atom is 0.224 e. The molecule has 0 aromatic rings. The van der Waals surface area contributed by atoms with E-state index >= 15 is 0 Å². The Kier molecular flexibility index (Phi) is 18.9. The van der Waals surface area contributed by atoms with Crippen molar-refractivity contribution in [2.24, 2.45) is 21.5 Å². The zero-order valence-corrected chi connectivity index (χ0v) is 19.0. The average Bonchev–Trinajstić information content (AvgIpc) is 2.79. The van der Waals surface area contributed by atoms with Crippen molar-refractivity contribution < 1.29 is 24.1 Å². The smallest absolute Gasteiger partial charge is 0.224 e. The summed E-state index contributed by atoms with van der Waals surface area (Å²) < 4.78 is 21.4. The molecule has 1 unspecified atom stereocenters. The number of guanidine groups is 2. The Hall–Kier alpha value is -1.58. The highest BCUT2D eigenvalue weighted by atomic mass is 16.6. The third kappa shape index (κ3) is 16.1. The van der Waals surface area contributed by atoms with Gasteiger partial charge in [-0.15, -0.1) is 0 Å². The van der Waals surface area contributed by atoms with Crippen LogP contribution in [0.25, 0.3) is 0 Å². The van der Waals surface area contributed by atoms with Crippen LogP contribution >= 0.6 is 0 Å². The molecular formula is C19H42N8O5. The molecule has 0 bridgehead atoms. The first-order valence-corrected chi connectivity index (χ1v) is 11.3. The second kappa shape index (κ2) is 21.3. The molecule has 0 radical (unpaired) electrons. The molecular weight excluding hydrogens is 420 g/mol. The standard InChI is InChI=1S/C19H42N8O5/c20-3-1-5-22-17-25-18(23-6-2-4-21)27-19(26-17)24-7-9-29-11-13-31-15-16-32-14-12-30-10-8-28/h17,22,28H,1-16,20-21H2,(H3,23,24,25,26,27). The van der Waals surface area contributed by atoms with Crippen molar-refractivity contribution in [3.8, 4) is 0 Å². The predicted octanol–water partition coefficient (Wildman–Crippen LogP) is -2.89. The highest BCUT2D eigenvalue weighted by molar-refractivity contribution is 5.96. The summed E-state index contributed by atoms with van der Waals surface area (Å²) in [5, 5.41) is 21.5. The molecule has 0 aromatic heterocycles. The highest BCUT2D eigenvalue weighted by Gasteiger charge is 2.15. The van der Waals surface area contributed by atoms with E-state index in [4.69, 9.17) is 35.5 Å². The third-order valence-corrected chi connectivity index (χ3v) is 4.02. The van der Waals surface area contributed by atoms with E-state index in [-0.39, 0.29) is 12.9 Å². The SMILES string of the molecule is NCCCNC1=NC(NCCOCCOCCOCCOCCO)=NC(NCCCN)N1. The summed E-state index contributed by atoms with van der Waals surface area (Å²) in [5.41, 5.74) is 11.1. The Morgan fingerprint density at radius 3 is 2.00 bits per heavy atom. The van der Waals surface area contributed by atoms with Crippen LogP contribution < -0.4 is 32.7 Å². The Balaban J connectivity index is 2.11. The first kappa shape index (κ1) is 28.5. The van der Waals surface area contributed by atoms with Crippen molar-refractivity contribution in [1.82, 2.24) is 21.3 Å². The van der Waals surface area contributed by atoms with Crippen LogP contribution in [0.2, 0.25) is 0 Å². The average molecular weight is 463 g/mol. The van der Waals surface area contributed by atoms with Gasteiger partial charge in [0.25, 0.3) is 0 Å². The van der Waals surface area contributed by atoms with Crippen LogP contribution in [-0.4, -0.2) is 116 Å². The summed E-state index contributed by atoms with van der Waals surface area (Å²) in [6, 6.07) is 0. The van der Waals surface area contributed by atoms with Crippen LogP contribution in [-0.2, 0) is 18.9 Å². The van der Waals surface area contributed by atoms with Gasteiger partial charge < -0.3 is 51.5 Å². The number of nitrogens with one attached hydrogen (secondary N) is 4. The van der Waals surface area contributed by atoms with Gasteiger partial charge in [-0.1, -0.05) is 0 Å². The molecule has 32 heavy (non-hydrogen) atoms. The van der Waals surface area contributed by atoms with E-state index in [1.807, 2.05) is 0 Å². The molecule has 1 aliphatic rings. The Bertz CT molecular complexity index is 498. The van der Waals surface area contributed by atoms with Gasteiger partial charge in [0.1, 0.15) is 0 Å². The van der Waals surface area contributed by atoms with E-state index in [2.05, 4.69) is 31.3 Å². The fourth-order valence-electron chi connectivity index (χ4n) is 2.43. The lowest BCUT2D eigenvalue weighted by atomic mass is 10.4. The van der Waals surface area contributed by atoms with Gasteiger partial charge in [0.2, 0.25) is 11.9 Å². The number of hydrogen-bond donors (Lipinski definition) is 7. The lowest BCUT2D eigenvalue weighted by Gasteiger charge is -2.24. The second-order valence-electron chi connectivity index (χ2n) is 6.73. The maximum atomic E-state index is 8.58. The normalized spacial score (nSPS) is 15.8. The molecule has 13 heteroatoms. The molecule has 1 rings (SSSR count). The van der Waals surface area contributed by atoms with Gasteiger partial charge in [-0.05, 0) is 32.5 Å². The van der Waals surface area contributed by atoms with Crippen molar-refractivity contribution >= 4 is 11.9 Å². The van der Waals surface area contributed by atoms with Gasteiger partial charge in [0, 0.05) is 13.1 Å². The van der Waals surface area contributed by atoms with Gasteiger partial charge in [0.05, 0.1) is 59.5 Å². The number of ether oxygens (including phenoxy) is 4. The molecule has 0 amide bonds. The molecule has 0 saturated heterocycles. The van der Waals surface area contributed by atoms with E-state index in [1.54, 1.807) is 0 Å². The number of nitrogens with two attached hydrogens (primary N) is 2. The first-order chi connectivity index (χ1) is 15.8. The van der Waals surface area contributed by atoms with Crippen molar-refractivity contribution in [3.63, 3.8) is 0 Å². The lowest BCUT2D eigenvalue weighted by Crippen LogP contribution is -2.54. The summed E-state index contributed by atoms with van der Waals surface area (Å²) in [4.78, 5) is 8.95. The van der Waals surface area contributed by atoms with E-state index in [0.717, 1.165) is 25.9 Å². The molecule has 0 aliphatic carbocycles. The molecule has 1 heterocycles. The van der Waals surface area contributed by atoms with Gasteiger partial charge in [-0.25, -0.2) is 4.99 Å².